The van der Waals surface area contributed by atoms with Gasteiger partial charge in [-0.3, -0.25) is 9.59 Å². The van der Waals surface area contributed by atoms with Gasteiger partial charge in [0.1, 0.15) is 0 Å². The largest absolute Gasteiger partial charge is 0.294 e. The lowest BCUT2D eigenvalue weighted by Crippen LogP contribution is -2.29. The highest BCUT2D eigenvalue weighted by atomic mass is 16.2. The molecule has 0 spiro atoms. The first-order chi connectivity index (χ1) is 6.00. The summed E-state index contributed by atoms with van der Waals surface area (Å²) in [5.41, 5.74) is 2.25. The van der Waals surface area contributed by atoms with Crippen LogP contribution in [0.15, 0.2) is 22.8 Å². The molecule has 0 saturated heterocycles. The minimum Gasteiger partial charge on any atom is -0.294 e. The molecular weight excluding hydrogens is 164 g/mol. The van der Waals surface area contributed by atoms with Crippen LogP contribution >= 0.6 is 0 Å². The Morgan fingerprint density at radius 2 is 1.62 bits per heavy atom. The van der Waals surface area contributed by atoms with Crippen molar-refractivity contribution < 1.29 is 9.59 Å². The molecule has 1 aliphatic rings. The van der Waals surface area contributed by atoms with E-state index in [2.05, 4.69) is 0 Å². The summed E-state index contributed by atoms with van der Waals surface area (Å²) in [6, 6.07) is 0. The van der Waals surface area contributed by atoms with Crippen molar-refractivity contribution in [1.82, 2.24) is 0 Å². The summed E-state index contributed by atoms with van der Waals surface area (Å²) in [6.45, 7) is 7.10. The Bertz CT molecular complexity index is 332. The molecule has 0 heterocycles. The van der Waals surface area contributed by atoms with E-state index in [-0.39, 0.29) is 11.6 Å². The fourth-order valence-electron chi connectivity index (χ4n) is 1.61. The summed E-state index contributed by atoms with van der Waals surface area (Å²) in [5.74, 6) is -0.571. The van der Waals surface area contributed by atoms with Crippen molar-refractivity contribution in [3.05, 3.63) is 22.8 Å². The third-order valence-electron chi connectivity index (χ3n) is 2.68. The first-order valence-corrected chi connectivity index (χ1v) is 4.43. The van der Waals surface area contributed by atoms with Crippen molar-refractivity contribution in [2.45, 2.75) is 27.7 Å². The number of ketones is 2. The number of allylic oxidation sites excluding steroid dienone is 4. The Hall–Kier alpha value is -1.18. The van der Waals surface area contributed by atoms with Crippen molar-refractivity contribution in [3.8, 4) is 0 Å². The number of hydrogen-bond acceptors (Lipinski definition) is 2. The van der Waals surface area contributed by atoms with Crippen LogP contribution < -0.4 is 0 Å². The van der Waals surface area contributed by atoms with Crippen LogP contribution in [0.25, 0.3) is 0 Å². The maximum atomic E-state index is 11.6. The first-order valence-electron chi connectivity index (χ1n) is 4.43. The first kappa shape index (κ1) is 9.90. The summed E-state index contributed by atoms with van der Waals surface area (Å²) >= 11 is 0. The Morgan fingerprint density at radius 1 is 1.08 bits per heavy atom. The van der Waals surface area contributed by atoms with E-state index >= 15 is 0 Å². The lowest BCUT2D eigenvalue weighted by molar-refractivity contribution is -0.128. The van der Waals surface area contributed by atoms with Crippen molar-refractivity contribution in [3.63, 3.8) is 0 Å². The van der Waals surface area contributed by atoms with Crippen LogP contribution in [0.2, 0.25) is 0 Å². The van der Waals surface area contributed by atoms with Crippen molar-refractivity contribution in [2.24, 2.45) is 5.92 Å². The molecule has 1 atom stereocenters. The van der Waals surface area contributed by atoms with E-state index in [9.17, 15) is 9.59 Å². The van der Waals surface area contributed by atoms with Gasteiger partial charge in [-0.15, -0.1) is 0 Å². The van der Waals surface area contributed by atoms with E-state index in [1.54, 1.807) is 19.9 Å². The van der Waals surface area contributed by atoms with Crippen LogP contribution in [0, 0.1) is 5.92 Å². The highest BCUT2D eigenvalue weighted by molar-refractivity contribution is 6.21. The molecule has 0 aromatic heterocycles. The third-order valence-corrected chi connectivity index (χ3v) is 2.68. The van der Waals surface area contributed by atoms with Gasteiger partial charge in [-0.25, -0.2) is 0 Å². The topological polar surface area (TPSA) is 34.1 Å². The van der Waals surface area contributed by atoms with Gasteiger partial charge in [-0.2, -0.15) is 0 Å². The second-order valence-electron chi connectivity index (χ2n) is 3.40. The molecule has 1 unspecified atom stereocenters. The zero-order valence-electron chi connectivity index (χ0n) is 8.47. The molecule has 0 radical (unpaired) electrons. The Labute approximate surface area is 78.3 Å². The molecule has 0 N–H and O–H groups in total. The zero-order valence-corrected chi connectivity index (χ0v) is 8.47. The molecule has 0 saturated carbocycles. The molecule has 2 heteroatoms. The molecule has 2 nitrogen and oxygen atoms in total. The van der Waals surface area contributed by atoms with Crippen LogP contribution in [0.5, 0.6) is 0 Å². The van der Waals surface area contributed by atoms with E-state index in [1.807, 2.05) is 13.8 Å². The summed E-state index contributed by atoms with van der Waals surface area (Å²) in [5, 5.41) is 0. The fraction of sp³-hybridized carbons (Fsp3) is 0.455. The fourth-order valence-corrected chi connectivity index (χ4v) is 1.61. The van der Waals surface area contributed by atoms with Crippen LogP contribution in [0.1, 0.15) is 27.7 Å². The van der Waals surface area contributed by atoms with Crippen molar-refractivity contribution in [2.75, 3.05) is 0 Å². The summed E-state index contributed by atoms with van der Waals surface area (Å²) in [6.07, 6.45) is 1.78. The monoisotopic (exact) mass is 178 g/mol. The highest BCUT2D eigenvalue weighted by Crippen LogP contribution is 2.27. The van der Waals surface area contributed by atoms with Crippen molar-refractivity contribution in [1.29, 1.82) is 0 Å². The van der Waals surface area contributed by atoms with Gasteiger partial charge in [0.15, 0.2) is 11.6 Å². The molecule has 0 amide bonds. The Balaban J connectivity index is 3.33. The predicted octanol–water partition coefficient (Wildman–Crippen LogP) is 2.06. The average molecular weight is 178 g/mol. The highest BCUT2D eigenvalue weighted by Gasteiger charge is 2.31. The van der Waals surface area contributed by atoms with E-state index in [1.165, 1.54) is 0 Å². The lowest BCUT2D eigenvalue weighted by Gasteiger charge is -2.21. The van der Waals surface area contributed by atoms with Gasteiger partial charge >= 0.3 is 0 Å². The quantitative estimate of drug-likeness (QED) is 0.420. The molecule has 0 aromatic rings. The van der Waals surface area contributed by atoms with Crippen molar-refractivity contribution >= 4 is 11.6 Å². The molecule has 0 fully saturated rings. The Kier molecular flexibility index (Phi) is 2.50. The van der Waals surface area contributed by atoms with E-state index in [0.717, 1.165) is 11.1 Å². The SMILES string of the molecule is CC=C1C(=O)C(C)C(=O)C(C)=C1C. The van der Waals surface area contributed by atoms with Gasteiger partial charge in [0, 0.05) is 5.57 Å². The third kappa shape index (κ3) is 1.37. The average Bonchev–Trinajstić information content (AvgIpc) is 2.13. The molecule has 13 heavy (non-hydrogen) atoms. The second-order valence-corrected chi connectivity index (χ2v) is 3.40. The molecule has 1 rings (SSSR count). The van der Waals surface area contributed by atoms with Gasteiger partial charge in [-0.05, 0) is 38.8 Å². The molecule has 0 aliphatic heterocycles. The Morgan fingerprint density at radius 3 is 2.08 bits per heavy atom. The smallest absolute Gasteiger partial charge is 0.173 e. The standard InChI is InChI=1S/C11H14O2/c1-5-9-6(2)7(3)10(12)8(4)11(9)13/h5,8H,1-4H3. The van der Waals surface area contributed by atoms with Gasteiger partial charge < -0.3 is 0 Å². The maximum Gasteiger partial charge on any atom is 0.173 e. The molecule has 0 bridgehead atoms. The summed E-state index contributed by atoms with van der Waals surface area (Å²) < 4.78 is 0. The zero-order chi connectivity index (χ0) is 10.2. The van der Waals surface area contributed by atoms with Crippen LogP contribution in [-0.2, 0) is 9.59 Å². The number of carbonyl (C=O) groups is 2. The number of Topliss-reactive ketones (excluding diaryl/α,β-unsaturated/α-hetero) is 2. The van der Waals surface area contributed by atoms with Gasteiger partial charge in [0.25, 0.3) is 0 Å². The van der Waals surface area contributed by atoms with E-state index < -0.39 is 5.92 Å². The van der Waals surface area contributed by atoms with Gasteiger partial charge in [0.2, 0.25) is 0 Å². The molecular formula is C11H14O2. The van der Waals surface area contributed by atoms with Crippen LogP contribution in [-0.4, -0.2) is 11.6 Å². The normalized spacial score (nSPS) is 27.4. The molecule has 1 aliphatic carbocycles. The van der Waals surface area contributed by atoms with Crippen LogP contribution in [0.4, 0.5) is 0 Å². The molecule has 0 aromatic carbocycles. The maximum absolute atomic E-state index is 11.6. The van der Waals surface area contributed by atoms with E-state index in [0.29, 0.717) is 5.57 Å². The number of hydrogen-bond donors (Lipinski definition) is 0. The number of rotatable bonds is 0. The van der Waals surface area contributed by atoms with Gasteiger partial charge in [0.05, 0.1) is 5.92 Å². The summed E-state index contributed by atoms with van der Waals surface area (Å²) in [4.78, 5) is 23.1. The minimum absolute atomic E-state index is 0.0342. The summed E-state index contributed by atoms with van der Waals surface area (Å²) in [7, 11) is 0. The molecule has 70 valence electrons. The number of carbonyl (C=O) groups excluding carboxylic acids is 2. The minimum atomic E-state index is -0.491. The van der Waals surface area contributed by atoms with Crippen LogP contribution in [0.3, 0.4) is 0 Å². The lowest BCUT2D eigenvalue weighted by atomic mass is 9.80. The predicted molar refractivity (Wildman–Crippen MR) is 51.3 cm³/mol. The second kappa shape index (κ2) is 3.29. The van der Waals surface area contributed by atoms with Gasteiger partial charge in [-0.1, -0.05) is 6.08 Å². The van der Waals surface area contributed by atoms with E-state index in [4.69, 9.17) is 0 Å².